The van der Waals surface area contributed by atoms with E-state index in [1.165, 1.54) is 18.4 Å². The molecule has 120 valence electrons. The molecule has 5 nitrogen and oxygen atoms in total. The number of halogens is 1. The number of hydrogen-bond acceptors (Lipinski definition) is 5. The molecule has 7 heteroatoms. The lowest BCUT2D eigenvalue weighted by Crippen LogP contribution is -2.54. The van der Waals surface area contributed by atoms with Crippen molar-refractivity contribution in [2.75, 3.05) is 12.4 Å². The molecule has 1 saturated carbocycles. The average Bonchev–Trinajstić information content (AvgIpc) is 2.74. The van der Waals surface area contributed by atoms with Gasteiger partial charge >= 0.3 is 0 Å². The predicted octanol–water partition coefficient (Wildman–Crippen LogP) is 3.74. The average molecular weight is 342 g/mol. The van der Waals surface area contributed by atoms with Crippen LogP contribution < -0.4 is 5.32 Å². The van der Waals surface area contributed by atoms with E-state index in [1.807, 2.05) is 20.8 Å². The molecule has 2 rings (SSSR count). The van der Waals surface area contributed by atoms with Gasteiger partial charge in [-0.15, -0.1) is 0 Å². The highest BCUT2D eigenvalue weighted by Gasteiger charge is 2.50. The van der Waals surface area contributed by atoms with Gasteiger partial charge < -0.3 is 4.74 Å². The number of anilines is 1. The number of nitrogens with one attached hydrogen (secondary N) is 1. The van der Waals surface area contributed by atoms with Gasteiger partial charge in [-0.2, -0.15) is 5.26 Å². The summed E-state index contributed by atoms with van der Waals surface area (Å²) in [5, 5.41) is 12.4. The Bertz CT molecular complexity index is 609. The molecule has 1 heterocycles. The predicted molar refractivity (Wildman–Crippen MR) is 87.1 cm³/mol. The third kappa shape index (κ3) is 3.27. The van der Waals surface area contributed by atoms with Gasteiger partial charge in [-0.05, 0) is 24.2 Å². The van der Waals surface area contributed by atoms with Crippen LogP contribution in [0.25, 0.3) is 0 Å². The van der Waals surface area contributed by atoms with Crippen LogP contribution in [0.3, 0.4) is 0 Å². The third-order valence-corrected chi connectivity index (χ3v) is 5.69. The molecule has 0 radical (unpaired) electrons. The molecule has 0 aromatic carbocycles. The summed E-state index contributed by atoms with van der Waals surface area (Å²) in [6.07, 6.45) is 1.58. The molecule has 22 heavy (non-hydrogen) atoms. The number of rotatable bonds is 4. The van der Waals surface area contributed by atoms with Crippen molar-refractivity contribution in [2.24, 2.45) is 5.92 Å². The van der Waals surface area contributed by atoms with Crippen LogP contribution in [0.2, 0.25) is 5.15 Å². The Hall–Kier alpha value is -1.16. The monoisotopic (exact) mass is 341 g/mol. The Morgan fingerprint density at radius 2 is 2.23 bits per heavy atom. The van der Waals surface area contributed by atoms with Crippen LogP contribution in [-0.2, 0) is 14.9 Å². The molecule has 1 aliphatic carbocycles. The number of aromatic nitrogens is 1. The summed E-state index contributed by atoms with van der Waals surface area (Å²) >= 11 is 7.54. The minimum absolute atomic E-state index is 0.120. The fourth-order valence-electron chi connectivity index (χ4n) is 2.62. The Balaban J connectivity index is 2.08. The number of ether oxygens (including phenoxy) is 1. The summed E-state index contributed by atoms with van der Waals surface area (Å²) in [7, 11) is 1.53. The number of nitriles is 1. The van der Waals surface area contributed by atoms with E-state index in [2.05, 4.69) is 16.4 Å². The summed E-state index contributed by atoms with van der Waals surface area (Å²) in [6, 6.07) is 2.13. The second-order valence-electron chi connectivity index (χ2n) is 6.68. The number of amides is 1. The SMILES string of the molecule is COC1(C(=O)Nc2nc(Cl)c(C(C)(C)C)s2)CC(CC#N)C1. The van der Waals surface area contributed by atoms with Gasteiger partial charge in [-0.3, -0.25) is 10.1 Å². The van der Waals surface area contributed by atoms with Crippen molar-refractivity contribution in [1.82, 2.24) is 4.98 Å². The molecule has 1 aromatic heterocycles. The first-order valence-electron chi connectivity index (χ1n) is 7.12. The molecule has 1 fully saturated rings. The normalized spacial score (nSPS) is 24.5. The second-order valence-corrected chi connectivity index (χ2v) is 8.04. The number of nitrogens with zero attached hydrogens (tertiary/aromatic N) is 2. The van der Waals surface area contributed by atoms with Crippen LogP contribution in [0.5, 0.6) is 0 Å². The lowest BCUT2D eigenvalue weighted by atomic mass is 9.69. The largest absolute Gasteiger partial charge is 0.368 e. The topological polar surface area (TPSA) is 75.0 Å². The summed E-state index contributed by atoms with van der Waals surface area (Å²) in [5.41, 5.74) is -0.966. The van der Waals surface area contributed by atoms with Crippen molar-refractivity contribution in [2.45, 2.75) is 51.0 Å². The quantitative estimate of drug-likeness (QED) is 0.905. The van der Waals surface area contributed by atoms with E-state index < -0.39 is 5.60 Å². The minimum atomic E-state index is -0.846. The zero-order valence-electron chi connectivity index (χ0n) is 13.2. The van der Waals surface area contributed by atoms with E-state index in [-0.39, 0.29) is 17.2 Å². The fourth-order valence-corrected chi connectivity index (χ4v) is 4.06. The minimum Gasteiger partial charge on any atom is -0.368 e. The van der Waals surface area contributed by atoms with Crippen LogP contribution in [0.4, 0.5) is 5.13 Å². The van der Waals surface area contributed by atoms with Gasteiger partial charge in [0.05, 0.1) is 10.9 Å². The van der Waals surface area contributed by atoms with E-state index in [4.69, 9.17) is 21.6 Å². The molecule has 1 aromatic rings. The van der Waals surface area contributed by atoms with Gasteiger partial charge in [0.1, 0.15) is 10.8 Å². The summed E-state index contributed by atoms with van der Waals surface area (Å²) in [4.78, 5) is 17.6. The van der Waals surface area contributed by atoms with Crippen LogP contribution >= 0.6 is 22.9 Å². The molecule has 0 spiro atoms. The third-order valence-electron chi connectivity index (χ3n) is 3.91. The van der Waals surface area contributed by atoms with Crippen molar-refractivity contribution in [3.05, 3.63) is 10.0 Å². The molecule has 0 aliphatic heterocycles. The number of methoxy groups -OCH3 is 1. The molecule has 0 atom stereocenters. The summed E-state index contributed by atoms with van der Waals surface area (Å²) in [5.74, 6) is 0.00999. The Morgan fingerprint density at radius 3 is 2.68 bits per heavy atom. The van der Waals surface area contributed by atoms with Gasteiger partial charge in [-0.25, -0.2) is 4.98 Å². The lowest BCUT2D eigenvalue weighted by Gasteiger charge is -2.43. The number of carbonyl (C=O) groups is 1. The smallest absolute Gasteiger partial charge is 0.258 e. The van der Waals surface area contributed by atoms with E-state index in [0.29, 0.717) is 29.5 Å². The molecule has 1 amide bonds. The Kier molecular flexibility index (Phi) is 4.81. The van der Waals surface area contributed by atoms with Crippen LogP contribution in [0.1, 0.15) is 44.9 Å². The maximum atomic E-state index is 12.5. The highest BCUT2D eigenvalue weighted by atomic mass is 35.5. The van der Waals surface area contributed by atoms with E-state index in [1.54, 1.807) is 0 Å². The van der Waals surface area contributed by atoms with Crippen molar-refractivity contribution in [3.8, 4) is 6.07 Å². The van der Waals surface area contributed by atoms with E-state index >= 15 is 0 Å². The molecule has 0 unspecified atom stereocenters. The number of hydrogen-bond donors (Lipinski definition) is 1. The maximum Gasteiger partial charge on any atom is 0.258 e. The maximum absolute atomic E-state index is 12.5. The van der Waals surface area contributed by atoms with Crippen molar-refractivity contribution in [3.63, 3.8) is 0 Å². The lowest BCUT2D eigenvalue weighted by molar-refractivity contribution is -0.156. The van der Waals surface area contributed by atoms with E-state index in [0.717, 1.165) is 4.88 Å². The second kappa shape index (κ2) is 6.15. The van der Waals surface area contributed by atoms with Crippen LogP contribution in [0, 0.1) is 17.2 Å². The highest BCUT2D eigenvalue weighted by Crippen LogP contribution is 2.44. The highest BCUT2D eigenvalue weighted by molar-refractivity contribution is 7.16. The first-order chi connectivity index (χ1) is 10.2. The van der Waals surface area contributed by atoms with Gasteiger partial charge in [0.25, 0.3) is 5.91 Å². The van der Waals surface area contributed by atoms with Crippen molar-refractivity contribution >= 4 is 34.0 Å². The van der Waals surface area contributed by atoms with Crippen LogP contribution in [-0.4, -0.2) is 23.6 Å². The van der Waals surface area contributed by atoms with Crippen molar-refractivity contribution < 1.29 is 9.53 Å². The van der Waals surface area contributed by atoms with Crippen LogP contribution in [0.15, 0.2) is 0 Å². The summed E-state index contributed by atoms with van der Waals surface area (Å²) < 4.78 is 5.41. The Labute approximate surface area is 139 Å². The first kappa shape index (κ1) is 17.2. The molecule has 0 saturated heterocycles. The number of thiazole rings is 1. The molecule has 1 aliphatic rings. The number of carbonyl (C=O) groups excluding carboxylic acids is 1. The Morgan fingerprint density at radius 1 is 1.59 bits per heavy atom. The molecular weight excluding hydrogens is 322 g/mol. The first-order valence-corrected chi connectivity index (χ1v) is 8.31. The molecule has 1 N–H and O–H groups in total. The van der Waals surface area contributed by atoms with Gasteiger partial charge in [0.2, 0.25) is 0 Å². The zero-order valence-corrected chi connectivity index (χ0v) is 14.8. The standard InChI is InChI=1S/C15H20ClN3O2S/c1-14(2,3)10-11(16)18-13(22-10)19-12(20)15(21-4)7-9(8-15)5-6-17/h9H,5,7-8H2,1-4H3,(H,18,19,20). The fraction of sp³-hybridized carbons (Fsp3) is 0.667. The van der Waals surface area contributed by atoms with Gasteiger partial charge in [0, 0.05) is 13.5 Å². The zero-order chi connectivity index (χ0) is 16.5. The molecule has 0 bridgehead atoms. The van der Waals surface area contributed by atoms with Gasteiger partial charge in [0.15, 0.2) is 5.13 Å². The van der Waals surface area contributed by atoms with E-state index in [9.17, 15) is 4.79 Å². The van der Waals surface area contributed by atoms with Crippen molar-refractivity contribution in [1.29, 1.82) is 5.26 Å². The summed E-state index contributed by atoms with van der Waals surface area (Å²) in [6.45, 7) is 6.15. The van der Waals surface area contributed by atoms with Gasteiger partial charge in [-0.1, -0.05) is 43.7 Å². The molecular formula is C15H20ClN3O2S.